The maximum absolute atomic E-state index is 13.1. The molecule has 106 valence electrons. The van der Waals surface area contributed by atoms with Crippen molar-refractivity contribution >= 4 is 17.3 Å². The summed E-state index contributed by atoms with van der Waals surface area (Å²) in [5.74, 6) is 0.114. The molecule has 0 spiro atoms. The summed E-state index contributed by atoms with van der Waals surface area (Å²) in [5.41, 5.74) is 2.65. The van der Waals surface area contributed by atoms with Gasteiger partial charge in [-0.05, 0) is 35.0 Å². The second kappa shape index (κ2) is 5.88. The summed E-state index contributed by atoms with van der Waals surface area (Å²) >= 11 is 5.76. The Balaban J connectivity index is 1.73. The van der Waals surface area contributed by atoms with Crippen LogP contribution in [0.25, 0.3) is 11.4 Å². The van der Waals surface area contributed by atoms with Gasteiger partial charge in [0.05, 0.1) is 5.02 Å². The van der Waals surface area contributed by atoms with Crippen molar-refractivity contribution < 1.29 is 4.39 Å². The van der Waals surface area contributed by atoms with Crippen molar-refractivity contribution in [1.29, 1.82) is 0 Å². The van der Waals surface area contributed by atoms with E-state index in [4.69, 9.17) is 11.6 Å². The third-order valence-corrected chi connectivity index (χ3v) is 3.24. The van der Waals surface area contributed by atoms with Crippen LogP contribution in [0.3, 0.4) is 0 Å². The van der Waals surface area contributed by atoms with Gasteiger partial charge in [-0.25, -0.2) is 4.39 Å². The van der Waals surface area contributed by atoms with Crippen LogP contribution in [-0.2, 0) is 6.54 Å². The SMILES string of the molecule is Fc1ccc(CNc2cccc(-c3nn[nH]n3)c2)cc1Cl. The van der Waals surface area contributed by atoms with Gasteiger partial charge in [0.1, 0.15) is 5.82 Å². The van der Waals surface area contributed by atoms with Crippen molar-refractivity contribution in [2.45, 2.75) is 6.54 Å². The van der Waals surface area contributed by atoms with Crippen molar-refractivity contribution in [3.05, 3.63) is 58.9 Å². The predicted octanol–water partition coefficient (Wildman–Crippen LogP) is 3.27. The summed E-state index contributed by atoms with van der Waals surface area (Å²) in [6, 6.07) is 12.3. The molecule has 1 heterocycles. The number of nitrogens with one attached hydrogen (secondary N) is 2. The number of anilines is 1. The van der Waals surface area contributed by atoms with E-state index in [0.29, 0.717) is 12.4 Å². The molecule has 0 amide bonds. The second-order valence-electron chi connectivity index (χ2n) is 4.42. The molecule has 0 fully saturated rings. The minimum absolute atomic E-state index is 0.120. The number of nitrogens with zero attached hydrogens (tertiary/aromatic N) is 3. The first kappa shape index (κ1) is 13.5. The lowest BCUT2D eigenvalue weighted by atomic mass is 10.1. The summed E-state index contributed by atoms with van der Waals surface area (Å²) in [5, 5.41) is 17.2. The summed E-state index contributed by atoms with van der Waals surface area (Å²) < 4.78 is 13.1. The topological polar surface area (TPSA) is 66.5 Å². The highest BCUT2D eigenvalue weighted by atomic mass is 35.5. The molecular weight excluding hydrogens is 293 g/mol. The molecule has 1 aromatic heterocycles. The van der Waals surface area contributed by atoms with Crippen LogP contribution in [0.5, 0.6) is 0 Å². The van der Waals surface area contributed by atoms with Gasteiger partial charge >= 0.3 is 0 Å². The molecular formula is C14H11ClFN5. The highest BCUT2D eigenvalue weighted by Crippen LogP contribution is 2.20. The lowest BCUT2D eigenvalue weighted by Crippen LogP contribution is -2.00. The lowest BCUT2D eigenvalue weighted by molar-refractivity contribution is 0.627. The minimum atomic E-state index is -0.417. The molecule has 2 aromatic carbocycles. The Morgan fingerprint density at radius 2 is 2.10 bits per heavy atom. The monoisotopic (exact) mass is 303 g/mol. The number of hydrogen-bond donors (Lipinski definition) is 2. The first-order valence-corrected chi connectivity index (χ1v) is 6.62. The zero-order chi connectivity index (χ0) is 14.7. The maximum atomic E-state index is 13.1. The molecule has 0 aliphatic carbocycles. The predicted molar refractivity (Wildman–Crippen MR) is 78.4 cm³/mol. The van der Waals surface area contributed by atoms with Crippen molar-refractivity contribution in [2.75, 3.05) is 5.32 Å². The van der Waals surface area contributed by atoms with E-state index in [1.807, 2.05) is 24.3 Å². The summed E-state index contributed by atoms with van der Waals surface area (Å²) in [4.78, 5) is 0. The molecule has 0 aliphatic heterocycles. The Morgan fingerprint density at radius 3 is 2.86 bits per heavy atom. The number of aromatic amines is 1. The van der Waals surface area contributed by atoms with E-state index in [9.17, 15) is 4.39 Å². The molecule has 21 heavy (non-hydrogen) atoms. The van der Waals surface area contributed by atoms with E-state index in [-0.39, 0.29) is 5.02 Å². The molecule has 7 heteroatoms. The molecule has 3 rings (SSSR count). The van der Waals surface area contributed by atoms with Gasteiger partial charge in [-0.15, -0.1) is 10.2 Å². The Kier molecular flexibility index (Phi) is 3.79. The summed E-state index contributed by atoms with van der Waals surface area (Å²) in [6.07, 6.45) is 0. The Morgan fingerprint density at radius 1 is 1.19 bits per heavy atom. The first-order valence-electron chi connectivity index (χ1n) is 6.24. The Hall–Kier alpha value is -2.47. The Labute approximate surface area is 125 Å². The van der Waals surface area contributed by atoms with E-state index in [1.165, 1.54) is 6.07 Å². The van der Waals surface area contributed by atoms with E-state index in [2.05, 4.69) is 25.9 Å². The van der Waals surface area contributed by atoms with Crippen LogP contribution in [0.15, 0.2) is 42.5 Å². The van der Waals surface area contributed by atoms with Gasteiger partial charge in [0.15, 0.2) is 0 Å². The van der Waals surface area contributed by atoms with Crippen molar-refractivity contribution in [3.63, 3.8) is 0 Å². The molecule has 0 bridgehead atoms. The third-order valence-electron chi connectivity index (χ3n) is 2.95. The zero-order valence-electron chi connectivity index (χ0n) is 10.8. The quantitative estimate of drug-likeness (QED) is 0.776. The summed E-state index contributed by atoms with van der Waals surface area (Å²) in [7, 11) is 0. The highest BCUT2D eigenvalue weighted by Gasteiger charge is 2.04. The third kappa shape index (κ3) is 3.17. The molecule has 0 atom stereocenters. The normalized spacial score (nSPS) is 10.6. The number of hydrogen-bond acceptors (Lipinski definition) is 4. The van der Waals surface area contributed by atoms with Crippen LogP contribution in [0.1, 0.15) is 5.56 Å². The Bertz CT molecular complexity index is 745. The largest absolute Gasteiger partial charge is 0.381 e. The average molecular weight is 304 g/mol. The number of H-pyrrole nitrogens is 1. The van der Waals surface area contributed by atoms with Crippen molar-refractivity contribution in [1.82, 2.24) is 20.6 Å². The van der Waals surface area contributed by atoms with E-state index < -0.39 is 5.82 Å². The molecule has 0 radical (unpaired) electrons. The van der Waals surface area contributed by atoms with Crippen molar-refractivity contribution in [2.24, 2.45) is 0 Å². The molecule has 0 aliphatic rings. The number of aromatic nitrogens is 4. The lowest BCUT2D eigenvalue weighted by Gasteiger charge is -2.08. The fraction of sp³-hybridized carbons (Fsp3) is 0.0714. The number of halogens is 2. The van der Waals surface area contributed by atoms with Gasteiger partial charge in [0, 0.05) is 17.8 Å². The van der Waals surface area contributed by atoms with Gasteiger partial charge in [0.2, 0.25) is 5.82 Å². The zero-order valence-corrected chi connectivity index (χ0v) is 11.6. The van der Waals surface area contributed by atoms with Crippen LogP contribution in [0.4, 0.5) is 10.1 Å². The van der Waals surface area contributed by atoms with Crippen LogP contribution in [0, 0.1) is 5.82 Å². The molecule has 0 saturated carbocycles. The van der Waals surface area contributed by atoms with Crippen LogP contribution in [-0.4, -0.2) is 20.6 Å². The van der Waals surface area contributed by atoms with Crippen LogP contribution in [0.2, 0.25) is 5.02 Å². The molecule has 5 nitrogen and oxygen atoms in total. The van der Waals surface area contributed by atoms with E-state index in [0.717, 1.165) is 16.8 Å². The fourth-order valence-corrected chi connectivity index (χ4v) is 2.11. The second-order valence-corrected chi connectivity index (χ2v) is 4.83. The van der Waals surface area contributed by atoms with Gasteiger partial charge in [-0.2, -0.15) is 5.21 Å². The molecule has 0 saturated heterocycles. The number of benzene rings is 2. The fourth-order valence-electron chi connectivity index (χ4n) is 1.91. The molecule has 0 unspecified atom stereocenters. The van der Waals surface area contributed by atoms with Gasteiger partial charge in [-0.1, -0.05) is 29.8 Å². The van der Waals surface area contributed by atoms with Crippen LogP contribution < -0.4 is 5.32 Å². The average Bonchev–Trinajstić information content (AvgIpc) is 3.03. The van der Waals surface area contributed by atoms with Gasteiger partial charge < -0.3 is 5.32 Å². The maximum Gasteiger partial charge on any atom is 0.204 e. The minimum Gasteiger partial charge on any atom is -0.381 e. The highest BCUT2D eigenvalue weighted by molar-refractivity contribution is 6.30. The standard InChI is InChI=1S/C14H11ClFN5/c15-12-6-9(4-5-13(12)16)8-17-11-3-1-2-10(7-11)14-18-20-21-19-14/h1-7,17H,8H2,(H,18,19,20,21). The van der Waals surface area contributed by atoms with Crippen LogP contribution >= 0.6 is 11.6 Å². The van der Waals surface area contributed by atoms with Crippen molar-refractivity contribution in [3.8, 4) is 11.4 Å². The number of tetrazole rings is 1. The molecule has 2 N–H and O–H groups in total. The van der Waals surface area contributed by atoms with Gasteiger partial charge in [-0.3, -0.25) is 0 Å². The number of rotatable bonds is 4. The molecule has 3 aromatic rings. The van der Waals surface area contributed by atoms with Gasteiger partial charge in [0.25, 0.3) is 0 Å². The smallest absolute Gasteiger partial charge is 0.204 e. The van der Waals surface area contributed by atoms with E-state index in [1.54, 1.807) is 12.1 Å². The first-order chi connectivity index (χ1) is 10.2. The van der Waals surface area contributed by atoms with E-state index >= 15 is 0 Å². The summed E-state index contributed by atoms with van der Waals surface area (Å²) in [6.45, 7) is 0.537.